The van der Waals surface area contributed by atoms with Gasteiger partial charge < -0.3 is 4.74 Å². The first-order valence-electron chi connectivity index (χ1n) is 7.57. The van der Waals surface area contributed by atoms with Gasteiger partial charge in [-0.05, 0) is 29.8 Å². The first-order chi connectivity index (χ1) is 12.7. The number of carbonyl (C=O) groups is 2. The molecule has 0 radical (unpaired) electrons. The number of methoxy groups -OCH3 is 1. The molecule has 3 rings (SSSR count). The van der Waals surface area contributed by atoms with E-state index in [0.29, 0.717) is 10.6 Å². The first kappa shape index (κ1) is 18.5. The maximum absolute atomic E-state index is 13.1. The number of nitro benzene ring substituents is 2. The van der Waals surface area contributed by atoms with Gasteiger partial charge in [-0.25, -0.2) is 0 Å². The summed E-state index contributed by atoms with van der Waals surface area (Å²) >= 11 is 5.95. The Balaban J connectivity index is 2.31. The van der Waals surface area contributed by atoms with Gasteiger partial charge in [0.25, 0.3) is 11.4 Å². The highest BCUT2D eigenvalue weighted by molar-refractivity contribution is 6.31. The summed E-state index contributed by atoms with van der Waals surface area (Å²) in [4.78, 5) is 46.6. The van der Waals surface area contributed by atoms with Crippen LogP contribution in [0.2, 0.25) is 5.02 Å². The number of hydrogen-bond donors (Lipinski definition) is 0. The van der Waals surface area contributed by atoms with Crippen molar-refractivity contribution in [3.63, 3.8) is 0 Å². The van der Waals surface area contributed by atoms with E-state index in [2.05, 4.69) is 0 Å². The van der Waals surface area contributed by atoms with E-state index in [-0.39, 0.29) is 17.5 Å². The van der Waals surface area contributed by atoms with Crippen molar-refractivity contribution in [3.8, 4) is 0 Å². The van der Waals surface area contributed by atoms with Gasteiger partial charge in [0, 0.05) is 23.1 Å². The molecule has 2 aromatic rings. The minimum atomic E-state index is -2.01. The van der Waals surface area contributed by atoms with E-state index in [1.807, 2.05) is 0 Å². The van der Waals surface area contributed by atoms with Crippen LogP contribution in [0.25, 0.3) is 0 Å². The van der Waals surface area contributed by atoms with Crippen molar-refractivity contribution in [2.75, 3.05) is 7.11 Å². The minimum absolute atomic E-state index is 0.192. The topological polar surface area (TPSA) is 130 Å². The number of ether oxygens (including phenoxy) is 1. The second-order valence-electron chi connectivity index (χ2n) is 5.92. The molecule has 0 amide bonds. The fourth-order valence-corrected chi connectivity index (χ4v) is 3.53. The van der Waals surface area contributed by atoms with Crippen LogP contribution in [0.15, 0.2) is 36.4 Å². The molecule has 0 fully saturated rings. The molecular weight excluding hydrogens is 380 g/mol. The van der Waals surface area contributed by atoms with Crippen LogP contribution in [-0.4, -0.2) is 28.7 Å². The average Bonchev–Trinajstić information content (AvgIpc) is 2.93. The Morgan fingerprint density at radius 1 is 1.15 bits per heavy atom. The molecule has 10 heteroatoms. The summed E-state index contributed by atoms with van der Waals surface area (Å²) in [6, 6.07) is 7.19. The number of nitrogens with zero attached hydrogens (tertiary/aromatic N) is 2. The van der Waals surface area contributed by atoms with E-state index < -0.39 is 38.4 Å². The van der Waals surface area contributed by atoms with Crippen LogP contribution in [0.5, 0.6) is 0 Å². The van der Waals surface area contributed by atoms with Crippen molar-refractivity contribution in [3.05, 3.63) is 78.3 Å². The Hall–Kier alpha value is -3.33. The van der Waals surface area contributed by atoms with Crippen molar-refractivity contribution in [1.29, 1.82) is 0 Å². The Kier molecular flexibility index (Phi) is 4.40. The van der Waals surface area contributed by atoms with Gasteiger partial charge in [-0.3, -0.25) is 29.8 Å². The number of esters is 1. The molecule has 0 spiro atoms. The van der Waals surface area contributed by atoms with Crippen molar-refractivity contribution < 1.29 is 24.2 Å². The Morgan fingerprint density at radius 3 is 2.44 bits per heavy atom. The Labute approximate surface area is 156 Å². The van der Waals surface area contributed by atoms with E-state index >= 15 is 0 Å². The largest absolute Gasteiger partial charge is 0.468 e. The summed E-state index contributed by atoms with van der Waals surface area (Å²) in [6.07, 6.45) is -0.201. The van der Waals surface area contributed by atoms with E-state index in [4.69, 9.17) is 16.3 Å². The number of hydrogen-bond acceptors (Lipinski definition) is 7. The number of benzene rings is 2. The minimum Gasteiger partial charge on any atom is -0.468 e. The lowest BCUT2D eigenvalue weighted by Gasteiger charge is -2.24. The Bertz CT molecular complexity index is 1020. The second-order valence-corrected chi connectivity index (χ2v) is 6.36. The zero-order chi connectivity index (χ0) is 19.9. The molecule has 9 nitrogen and oxygen atoms in total. The Morgan fingerprint density at radius 2 is 1.85 bits per heavy atom. The quantitative estimate of drug-likeness (QED) is 0.339. The number of nitro groups is 2. The van der Waals surface area contributed by atoms with Gasteiger partial charge in [0.1, 0.15) is 0 Å². The molecule has 138 valence electrons. The fourth-order valence-electron chi connectivity index (χ4n) is 3.34. The number of non-ortho nitro benzene ring substituents is 1. The molecule has 0 N–H and O–H groups in total. The zero-order valence-corrected chi connectivity index (χ0v) is 14.6. The third-order valence-corrected chi connectivity index (χ3v) is 4.77. The van der Waals surface area contributed by atoms with Gasteiger partial charge in [0.2, 0.25) is 0 Å². The fraction of sp³-hybridized carbons (Fsp3) is 0.176. The van der Waals surface area contributed by atoms with E-state index in [1.54, 1.807) is 0 Å². The monoisotopic (exact) mass is 390 g/mol. The molecule has 1 aliphatic rings. The van der Waals surface area contributed by atoms with Crippen LogP contribution in [0.1, 0.15) is 21.5 Å². The molecule has 0 aromatic heterocycles. The van der Waals surface area contributed by atoms with Gasteiger partial charge in [0.05, 0.1) is 28.6 Å². The molecule has 0 heterocycles. The van der Waals surface area contributed by atoms with E-state index in [0.717, 1.165) is 25.3 Å². The highest BCUT2D eigenvalue weighted by Gasteiger charge is 2.56. The standard InChI is InChI=1S/C17H11ClN2O7/c1-27-16(22)17(8-9-6-10(18)2-4-12(9)15(17)21)13-5-3-11(19(23)24)7-14(13)20(25)26/h2-7H,8H2,1H3/t17-/m0/s1. The maximum Gasteiger partial charge on any atom is 0.324 e. The van der Waals surface area contributed by atoms with Gasteiger partial charge >= 0.3 is 5.97 Å². The van der Waals surface area contributed by atoms with Gasteiger partial charge in [-0.1, -0.05) is 11.6 Å². The molecule has 0 saturated carbocycles. The van der Waals surface area contributed by atoms with Crippen LogP contribution in [0.4, 0.5) is 11.4 Å². The summed E-state index contributed by atoms with van der Waals surface area (Å²) in [6.45, 7) is 0. The molecule has 0 bridgehead atoms. The smallest absolute Gasteiger partial charge is 0.324 e. The lowest BCUT2D eigenvalue weighted by molar-refractivity contribution is -0.394. The third kappa shape index (κ3) is 2.72. The van der Waals surface area contributed by atoms with Crippen molar-refractivity contribution in [2.45, 2.75) is 11.8 Å². The predicted octanol–water partition coefficient (Wildman–Crippen LogP) is 3.01. The van der Waals surface area contributed by atoms with E-state index in [9.17, 15) is 29.8 Å². The number of Topliss-reactive ketones (excluding diaryl/α,β-unsaturated/α-hetero) is 1. The van der Waals surface area contributed by atoms with Crippen molar-refractivity contribution >= 4 is 34.7 Å². The van der Waals surface area contributed by atoms with Crippen LogP contribution >= 0.6 is 11.6 Å². The first-order valence-corrected chi connectivity index (χ1v) is 7.95. The van der Waals surface area contributed by atoms with Crippen LogP contribution in [-0.2, 0) is 21.4 Å². The second kappa shape index (κ2) is 6.44. The van der Waals surface area contributed by atoms with Gasteiger partial charge in [0.15, 0.2) is 11.2 Å². The predicted molar refractivity (Wildman–Crippen MR) is 92.9 cm³/mol. The number of halogens is 1. The molecule has 0 aliphatic heterocycles. The molecule has 27 heavy (non-hydrogen) atoms. The average molecular weight is 391 g/mol. The summed E-state index contributed by atoms with van der Waals surface area (Å²) in [5, 5.41) is 22.8. The van der Waals surface area contributed by atoms with E-state index in [1.165, 1.54) is 18.2 Å². The SMILES string of the molecule is COC(=O)[C@]1(c2ccc([N+](=O)[O-])cc2[N+](=O)[O-])Cc2cc(Cl)ccc2C1=O. The molecule has 0 unspecified atom stereocenters. The summed E-state index contributed by atoms with van der Waals surface area (Å²) in [5.74, 6) is -1.67. The lowest BCUT2D eigenvalue weighted by Crippen LogP contribution is -2.43. The lowest BCUT2D eigenvalue weighted by atomic mass is 9.76. The maximum atomic E-state index is 13.1. The molecule has 0 saturated heterocycles. The van der Waals surface area contributed by atoms with Crippen LogP contribution < -0.4 is 0 Å². The number of fused-ring (bicyclic) bond motifs is 1. The number of carbonyl (C=O) groups excluding carboxylic acids is 2. The molecule has 1 aliphatic carbocycles. The summed E-state index contributed by atoms with van der Waals surface area (Å²) < 4.78 is 4.79. The highest BCUT2D eigenvalue weighted by atomic mass is 35.5. The normalized spacial score (nSPS) is 18.1. The van der Waals surface area contributed by atoms with Crippen molar-refractivity contribution in [1.82, 2.24) is 0 Å². The summed E-state index contributed by atoms with van der Waals surface area (Å²) in [7, 11) is 1.06. The number of ketones is 1. The summed E-state index contributed by atoms with van der Waals surface area (Å²) in [5.41, 5.74) is -2.89. The number of rotatable bonds is 4. The molecular formula is C17H11ClN2O7. The zero-order valence-electron chi connectivity index (χ0n) is 13.8. The van der Waals surface area contributed by atoms with Gasteiger partial charge in [-0.2, -0.15) is 0 Å². The molecule has 1 atom stereocenters. The van der Waals surface area contributed by atoms with Crippen LogP contribution in [0.3, 0.4) is 0 Å². The highest BCUT2D eigenvalue weighted by Crippen LogP contribution is 2.45. The molecule has 2 aromatic carbocycles. The van der Waals surface area contributed by atoms with Gasteiger partial charge in [-0.15, -0.1) is 0 Å². The third-order valence-electron chi connectivity index (χ3n) is 4.54. The van der Waals surface area contributed by atoms with Crippen molar-refractivity contribution in [2.24, 2.45) is 0 Å². The van der Waals surface area contributed by atoms with Crippen LogP contribution in [0, 0.1) is 20.2 Å².